The Morgan fingerprint density at radius 3 is 2.77 bits per heavy atom. The highest BCUT2D eigenvalue weighted by Gasteiger charge is 2.14. The molecule has 0 unspecified atom stereocenters. The minimum Gasteiger partial charge on any atom is -0.384 e. The number of aliphatic hydroxyl groups is 1. The summed E-state index contributed by atoms with van der Waals surface area (Å²) < 4.78 is 1.90. The molecule has 0 aliphatic rings. The van der Waals surface area contributed by atoms with Crippen molar-refractivity contribution >= 4 is 0 Å². The predicted molar refractivity (Wildman–Crippen MR) is 49.1 cm³/mol. The molecule has 0 aliphatic carbocycles. The number of aryl methyl sites for hydroxylation is 1. The molecule has 0 fully saturated rings. The molecule has 0 saturated carbocycles. The third kappa shape index (κ3) is 2.05. The van der Waals surface area contributed by atoms with Gasteiger partial charge in [-0.2, -0.15) is 0 Å². The van der Waals surface area contributed by atoms with Crippen molar-refractivity contribution in [1.29, 1.82) is 0 Å². The normalized spacial score (nSPS) is 13.2. The Kier molecular flexibility index (Phi) is 3.39. The van der Waals surface area contributed by atoms with Crippen molar-refractivity contribution in [3.8, 4) is 0 Å². The Balaban J connectivity index is 2.92. The molecule has 0 saturated heterocycles. The number of rotatable bonds is 4. The summed E-state index contributed by atoms with van der Waals surface area (Å²) >= 11 is 0. The molecule has 1 aromatic heterocycles. The van der Waals surface area contributed by atoms with E-state index in [9.17, 15) is 5.11 Å². The van der Waals surface area contributed by atoms with Gasteiger partial charge in [0.1, 0.15) is 11.9 Å². The average Bonchev–Trinajstić information content (AvgIpc) is 2.48. The molecule has 1 atom stereocenters. The molecular formula is C8H16N4O. The summed E-state index contributed by atoms with van der Waals surface area (Å²) in [5.41, 5.74) is 5.35. The van der Waals surface area contributed by atoms with Crippen LogP contribution in [0.5, 0.6) is 0 Å². The molecule has 1 rings (SSSR count). The lowest BCUT2D eigenvalue weighted by molar-refractivity contribution is 0.171. The number of aliphatic hydroxyl groups excluding tert-OH is 1. The number of nitrogens with zero attached hydrogens (tertiary/aromatic N) is 3. The quantitative estimate of drug-likeness (QED) is 0.690. The van der Waals surface area contributed by atoms with Gasteiger partial charge in [-0.15, -0.1) is 10.2 Å². The second-order valence-corrected chi connectivity index (χ2v) is 3.01. The van der Waals surface area contributed by atoms with E-state index in [0.717, 1.165) is 18.8 Å². The van der Waals surface area contributed by atoms with Crippen LogP contribution in [0.3, 0.4) is 0 Å². The molecule has 0 spiro atoms. The van der Waals surface area contributed by atoms with Gasteiger partial charge in [0.05, 0.1) is 0 Å². The molecular weight excluding hydrogens is 168 g/mol. The summed E-state index contributed by atoms with van der Waals surface area (Å²) in [5.74, 6) is 1.39. The zero-order valence-corrected chi connectivity index (χ0v) is 8.06. The van der Waals surface area contributed by atoms with Crippen LogP contribution in [0, 0.1) is 6.92 Å². The van der Waals surface area contributed by atoms with Gasteiger partial charge in [-0.1, -0.05) is 6.92 Å². The summed E-state index contributed by atoms with van der Waals surface area (Å²) in [7, 11) is 0. The Morgan fingerprint density at radius 2 is 2.23 bits per heavy atom. The van der Waals surface area contributed by atoms with Crippen LogP contribution in [-0.2, 0) is 6.54 Å². The van der Waals surface area contributed by atoms with Crippen LogP contribution in [0.25, 0.3) is 0 Å². The van der Waals surface area contributed by atoms with E-state index in [2.05, 4.69) is 17.1 Å². The van der Waals surface area contributed by atoms with Crippen molar-refractivity contribution in [1.82, 2.24) is 14.8 Å². The zero-order valence-electron chi connectivity index (χ0n) is 8.06. The Hall–Kier alpha value is -0.940. The third-order valence-corrected chi connectivity index (χ3v) is 1.93. The van der Waals surface area contributed by atoms with Gasteiger partial charge in [0.15, 0.2) is 5.82 Å². The highest BCUT2D eigenvalue weighted by atomic mass is 16.3. The third-order valence-electron chi connectivity index (χ3n) is 1.93. The molecule has 0 amide bonds. The first-order valence-corrected chi connectivity index (χ1v) is 4.48. The number of nitrogens with two attached hydrogens (primary N) is 1. The van der Waals surface area contributed by atoms with E-state index in [1.54, 1.807) is 0 Å². The first-order chi connectivity index (χ1) is 6.20. The summed E-state index contributed by atoms with van der Waals surface area (Å²) in [4.78, 5) is 0. The van der Waals surface area contributed by atoms with Gasteiger partial charge in [0.25, 0.3) is 0 Å². The molecule has 0 radical (unpaired) electrons. The largest absolute Gasteiger partial charge is 0.384 e. The van der Waals surface area contributed by atoms with Crippen LogP contribution in [0.4, 0.5) is 0 Å². The average molecular weight is 184 g/mol. The lowest BCUT2D eigenvalue weighted by atomic mass is 10.3. The molecule has 13 heavy (non-hydrogen) atoms. The summed E-state index contributed by atoms with van der Waals surface area (Å²) in [6.45, 7) is 4.94. The lowest BCUT2D eigenvalue weighted by Crippen LogP contribution is -2.17. The predicted octanol–water partition coefficient (Wildman–Crippen LogP) is -0.0114. The topological polar surface area (TPSA) is 77.0 Å². The fourth-order valence-corrected chi connectivity index (χ4v) is 1.25. The Bertz CT molecular complexity index is 271. The maximum Gasteiger partial charge on any atom is 0.163 e. The smallest absolute Gasteiger partial charge is 0.163 e. The second-order valence-electron chi connectivity index (χ2n) is 3.01. The van der Waals surface area contributed by atoms with Gasteiger partial charge >= 0.3 is 0 Å². The van der Waals surface area contributed by atoms with Gasteiger partial charge in [0, 0.05) is 13.1 Å². The van der Waals surface area contributed by atoms with E-state index < -0.39 is 6.10 Å². The van der Waals surface area contributed by atoms with Crippen LogP contribution in [0.2, 0.25) is 0 Å². The van der Waals surface area contributed by atoms with E-state index in [-0.39, 0.29) is 6.54 Å². The maximum absolute atomic E-state index is 9.50. The molecule has 5 nitrogen and oxygen atoms in total. The molecule has 0 aliphatic heterocycles. The standard InChI is InChI=1S/C8H16N4O/c1-3-4-12-6(2)10-11-8(12)7(13)5-9/h7,13H,3-5,9H2,1-2H3/t7-/m0/s1. The summed E-state index contributed by atoms with van der Waals surface area (Å²) in [5, 5.41) is 17.3. The molecule has 0 aromatic carbocycles. The minimum atomic E-state index is -0.701. The highest BCUT2D eigenvalue weighted by molar-refractivity contribution is 4.97. The Morgan fingerprint density at radius 1 is 1.54 bits per heavy atom. The van der Waals surface area contributed by atoms with E-state index in [1.807, 2.05) is 11.5 Å². The summed E-state index contributed by atoms with van der Waals surface area (Å²) in [6.07, 6.45) is 0.288. The molecule has 1 aromatic rings. The number of aromatic nitrogens is 3. The van der Waals surface area contributed by atoms with Crippen LogP contribution >= 0.6 is 0 Å². The molecule has 3 N–H and O–H groups in total. The van der Waals surface area contributed by atoms with Gasteiger partial charge in [-0.25, -0.2) is 0 Å². The first-order valence-electron chi connectivity index (χ1n) is 4.48. The van der Waals surface area contributed by atoms with Gasteiger partial charge < -0.3 is 15.4 Å². The lowest BCUT2D eigenvalue weighted by Gasteiger charge is -2.10. The summed E-state index contributed by atoms with van der Waals surface area (Å²) in [6, 6.07) is 0. The SMILES string of the molecule is CCCn1c(C)nnc1[C@@H](O)CN. The van der Waals surface area contributed by atoms with Gasteiger partial charge in [0.2, 0.25) is 0 Å². The van der Waals surface area contributed by atoms with Gasteiger partial charge in [-0.3, -0.25) is 0 Å². The van der Waals surface area contributed by atoms with Crippen molar-refractivity contribution in [3.05, 3.63) is 11.6 Å². The zero-order chi connectivity index (χ0) is 9.84. The van der Waals surface area contributed by atoms with Crippen molar-refractivity contribution in [2.75, 3.05) is 6.54 Å². The van der Waals surface area contributed by atoms with Crippen LogP contribution in [0.1, 0.15) is 31.1 Å². The van der Waals surface area contributed by atoms with Crippen molar-refractivity contribution in [2.45, 2.75) is 32.9 Å². The number of hydrogen-bond donors (Lipinski definition) is 2. The second kappa shape index (κ2) is 4.34. The number of hydrogen-bond acceptors (Lipinski definition) is 4. The van der Waals surface area contributed by atoms with Gasteiger partial charge in [-0.05, 0) is 13.3 Å². The monoisotopic (exact) mass is 184 g/mol. The van der Waals surface area contributed by atoms with Crippen LogP contribution in [0.15, 0.2) is 0 Å². The maximum atomic E-state index is 9.50. The minimum absolute atomic E-state index is 0.182. The van der Waals surface area contributed by atoms with Crippen molar-refractivity contribution in [2.24, 2.45) is 5.73 Å². The van der Waals surface area contributed by atoms with Crippen molar-refractivity contribution in [3.63, 3.8) is 0 Å². The van der Waals surface area contributed by atoms with E-state index in [4.69, 9.17) is 5.73 Å². The molecule has 74 valence electrons. The van der Waals surface area contributed by atoms with Crippen molar-refractivity contribution < 1.29 is 5.11 Å². The fourth-order valence-electron chi connectivity index (χ4n) is 1.25. The molecule has 0 bridgehead atoms. The Labute approximate surface area is 77.6 Å². The van der Waals surface area contributed by atoms with E-state index in [1.165, 1.54) is 0 Å². The van der Waals surface area contributed by atoms with Crippen LogP contribution in [-0.4, -0.2) is 26.4 Å². The fraction of sp³-hybridized carbons (Fsp3) is 0.750. The molecule has 5 heteroatoms. The highest BCUT2D eigenvalue weighted by Crippen LogP contribution is 2.10. The molecule has 1 heterocycles. The van der Waals surface area contributed by atoms with E-state index >= 15 is 0 Å². The van der Waals surface area contributed by atoms with E-state index in [0.29, 0.717) is 5.82 Å². The van der Waals surface area contributed by atoms with Crippen LogP contribution < -0.4 is 5.73 Å². The first kappa shape index (κ1) is 10.1.